The Morgan fingerprint density at radius 1 is 0.552 bits per heavy atom. The Hall–Kier alpha value is -6.76. The number of furan rings is 2. The van der Waals surface area contributed by atoms with Crippen molar-refractivity contribution in [3.63, 3.8) is 0 Å². The lowest BCUT2D eigenvalue weighted by Gasteiger charge is -2.24. The zero-order valence-corrected chi connectivity index (χ0v) is 32.9. The van der Waals surface area contributed by atoms with Crippen molar-refractivity contribution < 1.29 is 8.83 Å². The van der Waals surface area contributed by atoms with Gasteiger partial charge in [-0.15, -0.1) is 11.3 Å². The third-order valence-corrected chi connectivity index (χ3v) is 13.5. The summed E-state index contributed by atoms with van der Waals surface area (Å²) < 4.78 is 18.0. The van der Waals surface area contributed by atoms with Gasteiger partial charge in [0.2, 0.25) is 0 Å². The standard InChI is InChI=1S/C52H34BN2O2S/c1-52(2,3)28-16-18-29(19-17-28)54-39-27-47-37(31-11-6-9-15-46(31)58-47)24-35(39)32-20-21-34-48-40(22-23-44-49(48)33-12-5-8-14-43(33)56-44)55-41-25-36-30-10-4-7-13-42(30)57-45(36)26-38(41)53-50(32)51(34)55/h4-27,54H,1-3H3. The van der Waals surface area contributed by atoms with Gasteiger partial charge in [0.25, 0.3) is 0 Å². The monoisotopic (exact) mass is 761 g/mol. The molecular formula is C52H34BN2O2S. The van der Waals surface area contributed by atoms with Crippen molar-refractivity contribution in [2.24, 2.45) is 0 Å². The van der Waals surface area contributed by atoms with Gasteiger partial charge in [0.1, 0.15) is 22.3 Å². The summed E-state index contributed by atoms with van der Waals surface area (Å²) in [5.74, 6) is 0. The second kappa shape index (κ2) is 11.4. The average molecular weight is 762 g/mol. The number of benzene rings is 8. The third kappa shape index (κ3) is 4.46. The fourth-order valence-corrected chi connectivity index (χ4v) is 10.7. The second-order valence-electron chi connectivity index (χ2n) is 16.8. The van der Waals surface area contributed by atoms with E-state index in [-0.39, 0.29) is 5.41 Å². The van der Waals surface area contributed by atoms with E-state index in [1.165, 1.54) is 53.1 Å². The van der Waals surface area contributed by atoms with E-state index in [0.717, 1.165) is 77.5 Å². The molecule has 58 heavy (non-hydrogen) atoms. The molecule has 0 spiro atoms. The fraction of sp³-hybridized carbons (Fsp3) is 0.0769. The van der Waals surface area contributed by atoms with E-state index in [9.17, 15) is 0 Å². The zero-order chi connectivity index (χ0) is 38.4. The Morgan fingerprint density at radius 3 is 2.12 bits per heavy atom. The largest absolute Gasteiger partial charge is 0.456 e. The number of para-hydroxylation sites is 2. The molecule has 0 amide bonds. The lowest BCUT2D eigenvalue weighted by atomic mass is 9.59. The lowest BCUT2D eigenvalue weighted by molar-refractivity contribution is 0.590. The Balaban J connectivity index is 1.13. The first-order valence-corrected chi connectivity index (χ1v) is 20.7. The van der Waals surface area contributed by atoms with Crippen LogP contribution >= 0.6 is 11.3 Å². The molecular weight excluding hydrogens is 727 g/mol. The minimum atomic E-state index is 0.0740. The summed E-state index contributed by atoms with van der Waals surface area (Å²) in [6, 6.07) is 52.9. The van der Waals surface area contributed by atoms with Crippen molar-refractivity contribution in [2.75, 3.05) is 5.32 Å². The Morgan fingerprint density at radius 2 is 1.29 bits per heavy atom. The molecule has 4 aromatic heterocycles. The van der Waals surface area contributed by atoms with Gasteiger partial charge >= 0.3 is 0 Å². The van der Waals surface area contributed by atoms with Crippen LogP contribution in [0.15, 0.2) is 154 Å². The molecule has 13 rings (SSSR count). The maximum absolute atomic E-state index is 6.50. The van der Waals surface area contributed by atoms with Crippen molar-refractivity contribution >= 4 is 127 Å². The van der Waals surface area contributed by atoms with Gasteiger partial charge in [-0.2, -0.15) is 0 Å². The molecule has 6 heteroatoms. The Kier molecular flexibility index (Phi) is 6.37. The van der Waals surface area contributed by atoms with Gasteiger partial charge in [-0.05, 0) is 88.7 Å². The van der Waals surface area contributed by atoms with Gasteiger partial charge in [-0.3, -0.25) is 0 Å². The van der Waals surface area contributed by atoms with Gasteiger partial charge in [0.05, 0.1) is 5.52 Å². The van der Waals surface area contributed by atoms with Crippen molar-refractivity contribution in [3.05, 3.63) is 151 Å². The highest BCUT2D eigenvalue weighted by Gasteiger charge is 2.29. The van der Waals surface area contributed by atoms with Crippen LogP contribution in [-0.4, -0.2) is 11.8 Å². The molecule has 4 nitrogen and oxygen atoms in total. The molecule has 0 atom stereocenters. The van der Waals surface area contributed by atoms with Gasteiger partial charge in [0, 0.05) is 80.6 Å². The zero-order valence-electron chi connectivity index (χ0n) is 32.1. The number of nitrogens with zero attached hydrogens (tertiary/aromatic N) is 1. The van der Waals surface area contributed by atoms with E-state index in [4.69, 9.17) is 8.83 Å². The molecule has 0 bridgehead atoms. The van der Waals surface area contributed by atoms with E-state index in [1.807, 2.05) is 23.5 Å². The number of anilines is 2. The van der Waals surface area contributed by atoms with Gasteiger partial charge < -0.3 is 18.7 Å². The van der Waals surface area contributed by atoms with Crippen molar-refractivity contribution in [2.45, 2.75) is 26.2 Å². The molecule has 0 unspecified atom stereocenters. The normalized spacial score (nSPS) is 12.9. The van der Waals surface area contributed by atoms with Crippen molar-refractivity contribution in [1.29, 1.82) is 0 Å². The summed E-state index contributed by atoms with van der Waals surface area (Å²) in [6.45, 7) is 6.79. The molecule has 0 fully saturated rings. The van der Waals surface area contributed by atoms with Crippen LogP contribution in [0.5, 0.6) is 0 Å². The average Bonchev–Trinajstić information content (AvgIpc) is 3.99. The molecule has 273 valence electrons. The van der Waals surface area contributed by atoms with Gasteiger partial charge in [0.15, 0.2) is 7.28 Å². The molecule has 0 aliphatic carbocycles. The smallest absolute Gasteiger partial charge is 0.198 e. The van der Waals surface area contributed by atoms with E-state index < -0.39 is 0 Å². The SMILES string of the molecule is CC(C)(C)c1ccc(Nc2cc3sc4ccccc4c3cc2-c2ccc3c4c5c(ccc4n4c3c2[B]c2cc3oc6ccccc6c3cc2-4)oc2ccccc25)cc1. The summed E-state index contributed by atoms with van der Waals surface area (Å²) in [7, 11) is 2.39. The summed E-state index contributed by atoms with van der Waals surface area (Å²) in [4.78, 5) is 0. The van der Waals surface area contributed by atoms with Crippen LogP contribution in [0.25, 0.3) is 103 Å². The number of hydrogen-bond acceptors (Lipinski definition) is 4. The molecule has 0 saturated heterocycles. The first kappa shape index (κ1) is 32.3. The predicted molar refractivity (Wildman–Crippen MR) is 247 cm³/mol. The van der Waals surface area contributed by atoms with Gasteiger partial charge in [-0.25, -0.2) is 0 Å². The third-order valence-electron chi connectivity index (χ3n) is 12.4. The van der Waals surface area contributed by atoms with Crippen LogP contribution in [0.2, 0.25) is 0 Å². The van der Waals surface area contributed by atoms with Crippen LogP contribution in [0.3, 0.4) is 0 Å². The second-order valence-corrected chi connectivity index (χ2v) is 17.9. The molecule has 5 heterocycles. The molecule has 0 saturated carbocycles. The number of thiophene rings is 1. The molecule has 12 aromatic rings. The van der Waals surface area contributed by atoms with Gasteiger partial charge in [-0.1, -0.05) is 105 Å². The summed E-state index contributed by atoms with van der Waals surface area (Å²) in [5, 5.41) is 13.4. The lowest BCUT2D eigenvalue weighted by Crippen LogP contribution is -2.37. The number of fused-ring (bicyclic) bond motifs is 15. The van der Waals surface area contributed by atoms with Crippen LogP contribution in [0, 0.1) is 0 Å². The van der Waals surface area contributed by atoms with Crippen molar-refractivity contribution in [3.8, 4) is 16.8 Å². The number of aromatic nitrogens is 1. The van der Waals surface area contributed by atoms with Crippen LogP contribution < -0.4 is 16.2 Å². The predicted octanol–water partition coefficient (Wildman–Crippen LogP) is 13.6. The minimum absolute atomic E-state index is 0.0740. The molecule has 8 aromatic carbocycles. The number of rotatable bonds is 3. The topological polar surface area (TPSA) is 43.2 Å². The summed E-state index contributed by atoms with van der Waals surface area (Å²) in [6.07, 6.45) is 0. The number of hydrogen-bond donors (Lipinski definition) is 1. The summed E-state index contributed by atoms with van der Waals surface area (Å²) in [5.41, 5.74) is 15.3. The van der Waals surface area contributed by atoms with E-state index in [1.54, 1.807) is 0 Å². The highest BCUT2D eigenvalue weighted by Crippen LogP contribution is 2.46. The highest BCUT2D eigenvalue weighted by molar-refractivity contribution is 7.25. The first-order valence-electron chi connectivity index (χ1n) is 19.9. The maximum Gasteiger partial charge on any atom is 0.198 e. The maximum atomic E-state index is 6.50. The summed E-state index contributed by atoms with van der Waals surface area (Å²) >= 11 is 1.85. The Bertz CT molecular complexity index is 3720. The van der Waals surface area contributed by atoms with E-state index in [0.29, 0.717) is 0 Å². The highest BCUT2D eigenvalue weighted by atomic mass is 32.1. The quantitative estimate of drug-likeness (QED) is 0.182. The molecule has 1 radical (unpaired) electrons. The molecule has 1 N–H and O–H groups in total. The van der Waals surface area contributed by atoms with E-state index >= 15 is 0 Å². The molecule has 1 aliphatic heterocycles. The van der Waals surface area contributed by atoms with Crippen LogP contribution in [-0.2, 0) is 5.41 Å². The van der Waals surface area contributed by atoms with Crippen LogP contribution in [0.1, 0.15) is 26.3 Å². The Labute approximate surface area is 338 Å². The fourth-order valence-electron chi connectivity index (χ4n) is 9.61. The van der Waals surface area contributed by atoms with Crippen molar-refractivity contribution in [1.82, 2.24) is 4.57 Å². The van der Waals surface area contributed by atoms with Crippen LogP contribution in [0.4, 0.5) is 11.4 Å². The number of nitrogens with one attached hydrogen (secondary N) is 1. The first-order chi connectivity index (χ1) is 28.4. The van der Waals surface area contributed by atoms with E-state index in [2.05, 4.69) is 171 Å². The minimum Gasteiger partial charge on any atom is -0.456 e. The molecule has 1 aliphatic rings.